The van der Waals surface area contributed by atoms with Crippen molar-refractivity contribution in [2.45, 2.75) is 39.4 Å². The molecule has 2 atom stereocenters. The first-order valence-electron chi connectivity index (χ1n) is 7.73. The predicted molar refractivity (Wildman–Crippen MR) is 84.3 cm³/mol. The summed E-state index contributed by atoms with van der Waals surface area (Å²) in [6, 6.07) is 6.02. The van der Waals surface area contributed by atoms with E-state index in [2.05, 4.69) is 18.7 Å². The number of benzene rings is 1. The molecule has 0 N–H and O–H groups in total. The van der Waals surface area contributed by atoms with Crippen LogP contribution in [0.5, 0.6) is 11.5 Å². The zero-order valence-corrected chi connectivity index (χ0v) is 13.6. The standard InChI is InChI=1S/C17H27NO3/c1-13-6-7-16(17(10-13)19-4)20-9-5-8-18-11-14(2)21-15(3)12-18/h6-7,10,14-15H,5,8-9,11-12H2,1-4H3/t14-,15-/m0/s1. The average Bonchev–Trinajstić information content (AvgIpc) is 2.43. The van der Waals surface area contributed by atoms with E-state index in [1.807, 2.05) is 25.1 Å². The summed E-state index contributed by atoms with van der Waals surface area (Å²) in [7, 11) is 1.68. The monoisotopic (exact) mass is 293 g/mol. The molecule has 2 rings (SSSR count). The molecule has 0 radical (unpaired) electrons. The fraction of sp³-hybridized carbons (Fsp3) is 0.647. The molecule has 1 aliphatic heterocycles. The number of morpholine rings is 1. The summed E-state index contributed by atoms with van der Waals surface area (Å²) < 4.78 is 16.9. The van der Waals surface area contributed by atoms with Crippen LogP contribution in [0, 0.1) is 6.92 Å². The molecule has 4 heteroatoms. The zero-order valence-electron chi connectivity index (χ0n) is 13.6. The Morgan fingerprint density at radius 2 is 1.90 bits per heavy atom. The normalized spacial score (nSPS) is 23.0. The second kappa shape index (κ2) is 7.66. The van der Waals surface area contributed by atoms with Gasteiger partial charge in [-0.25, -0.2) is 0 Å². The Balaban J connectivity index is 1.74. The van der Waals surface area contributed by atoms with Gasteiger partial charge in [0, 0.05) is 19.6 Å². The molecule has 1 fully saturated rings. The predicted octanol–water partition coefficient (Wildman–Crippen LogP) is 2.88. The average molecular weight is 293 g/mol. The molecule has 1 saturated heterocycles. The number of methoxy groups -OCH3 is 1. The Kier molecular flexibility index (Phi) is 5.88. The van der Waals surface area contributed by atoms with Crippen molar-refractivity contribution in [2.24, 2.45) is 0 Å². The molecule has 0 amide bonds. The van der Waals surface area contributed by atoms with Gasteiger partial charge in [-0.2, -0.15) is 0 Å². The van der Waals surface area contributed by atoms with E-state index >= 15 is 0 Å². The van der Waals surface area contributed by atoms with Crippen molar-refractivity contribution in [2.75, 3.05) is 33.4 Å². The smallest absolute Gasteiger partial charge is 0.161 e. The Hall–Kier alpha value is -1.26. The molecule has 21 heavy (non-hydrogen) atoms. The van der Waals surface area contributed by atoms with Crippen LogP contribution < -0.4 is 9.47 Å². The Morgan fingerprint density at radius 1 is 1.19 bits per heavy atom. The van der Waals surface area contributed by atoms with Gasteiger partial charge < -0.3 is 14.2 Å². The van der Waals surface area contributed by atoms with Crippen molar-refractivity contribution in [3.8, 4) is 11.5 Å². The van der Waals surface area contributed by atoms with Crippen LogP contribution in [0.2, 0.25) is 0 Å². The minimum Gasteiger partial charge on any atom is -0.493 e. The highest BCUT2D eigenvalue weighted by atomic mass is 16.5. The van der Waals surface area contributed by atoms with Crippen LogP contribution in [-0.2, 0) is 4.74 Å². The first-order chi connectivity index (χ1) is 10.1. The minimum absolute atomic E-state index is 0.326. The first-order valence-corrected chi connectivity index (χ1v) is 7.73. The van der Waals surface area contributed by atoms with E-state index in [-0.39, 0.29) is 0 Å². The molecule has 0 aliphatic carbocycles. The summed E-state index contributed by atoms with van der Waals surface area (Å²) in [5, 5.41) is 0. The Labute approximate surface area is 128 Å². The van der Waals surface area contributed by atoms with Gasteiger partial charge in [0.05, 0.1) is 25.9 Å². The molecule has 0 saturated carbocycles. The van der Waals surface area contributed by atoms with E-state index in [0.29, 0.717) is 18.8 Å². The molecular formula is C17H27NO3. The maximum absolute atomic E-state index is 5.84. The number of hydrogen-bond donors (Lipinski definition) is 0. The van der Waals surface area contributed by atoms with Crippen molar-refractivity contribution in [3.05, 3.63) is 23.8 Å². The summed E-state index contributed by atoms with van der Waals surface area (Å²) in [4.78, 5) is 2.45. The van der Waals surface area contributed by atoms with Gasteiger partial charge in [-0.05, 0) is 44.9 Å². The molecule has 1 aromatic rings. The lowest BCUT2D eigenvalue weighted by atomic mass is 10.2. The molecule has 4 nitrogen and oxygen atoms in total. The van der Waals surface area contributed by atoms with Gasteiger partial charge >= 0.3 is 0 Å². The fourth-order valence-corrected chi connectivity index (χ4v) is 2.83. The van der Waals surface area contributed by atoms with Gasteiger partial charge in [0.25, 0.3) is 0 Å². The molecule has 0 unspecified atom stereocenters. The number of ether oxygens (including phenoxy) is 3. The second-order valence-electron chi connectivity index (χ2n) is 5.87. The molecule has 0 aromatic heterocycles. The highest BCUT2D eigenvalue weighted by Gasteiger charge is 2.21. The van der Waals surface area contributed by atoms with Crippen LogP contribution in [0.15, 0.2) is 18.2 Å². The molecule has 1 heterocycles. The molecule has 0 spiro atoms. The summed E-state index contributed by atoms with van der Waals surface area (Å²) in [5.74, 6) is 1.63. The van der Waals surface area contributed by atoms with Crippen LogP contribution >= 0.6 is 0 Å². The summed E-state index contributed by atoms with van der Waals surface area (Å²) >= 11 is 0. The molecular weight excluding hydrogens is 266 g/mol. The summed E-state index contributed by atoms with van der Waals surface area (Å²) in [5.41, 5.74) is 1.18. The lowest BCUT2D eigenvalue weighted by molar-refractivity contribution is -0.0686. The number of hydrogen-bond acceptors (Lipinski definition) is 4. The van der Waals surface area contributed by atoms with Gasteiger partial charge in [0.2, 0.25) is 0 Å². The van der Waals surface area contributed by atoms with Gasteiger partial charge in [0.1, 0.15) is 0 Å². The van der Waals surface area contributed by atoms with Crippen molar-refractivity contribution < 1.29 is 14.2 Å². The SMILES string of the molecule is COc1cc(C)ccc1OCCCN1C[C@H](C)O[C@@H](C)C1. The number of rotatable bonds is 6. The van der Waals surface area contributed by atoms with Gasteiger partial charge in [-0.1, -0.05) is 6.07 Å². The van der Waals surface area contributed by atoms with Crippen LogP contribution in [-0.4, -0.2) is 50.5 Å². The maximum atomic E-state index is 5.84. The molecule has 1 aliphatic rings. The van der Waals surface area contributed by atoms with Crippen molar-refractivity contribution in [3.63, 3.8) is 0 Å². The topological polar surface area (TPSA) is 30.9 Å². The van der Waals surface area contributed by atoms with Gasteiger partial charge in [-0.15, -0.1) is 0 Å². The largest absolute Gasteiger partial charge is 0.493 e. The third-order valence-corrected chi connectivity index (χ3v) is 3.69. The Morgan fingerprint density at radius 3 is 2.57 bits per heavy atom. The minimum atomic E-state index is 0.326. The summed E-state index contributed by atoms with van der Waals surface area (Å²) in [6.07, 6.45) is 1.66. The first kappa shape index (κ1) is 16.1. The molecule has 1 aromatic carbocycles. The van der Waals surface area contributed by atoms with Gasteiger partial charge in [0.15, 0.2) is 11.5 Å². The van der Waals surface area contributed by atoms with E-state index in [4.69, 9.17) is 14.2 Å². The third kappa shape index (κ3) is 4.90. The second-order valence-corrected chi connectivity index (χ2v) is 5.87. The van der Waals surface area contributed by atoms with E-state index in [9.17, 15) is 0 Å². The van der Waals surface area contributed by atoms with Gasteiger partial charge in [-0.3, -0.25) is 4.90 Å². The van der Waals surface area contributed by atoms with Crippen LogP contribution in [0.3, 0.4) is 0 Å². The van der Waals surface area contributed by atoms with E-state index in [0.717, 1.165) is 37.6 Å². The van der Waals surface area contributed by atoms with E-state index < -0.39 is 0 Å². The zero-order chi connectivity index (χ0) is 15.2. The summed E-state index contributed by atoms with van der Waals surface area (Å²) in [6.45, 7) is 10.1. The fourth-order valence-electron chi connectivity index (χ4n) is 2.83. The van der Waals surface area contributed by atoms with Crippen LogP contribution in [0.25, 0.3) is 0 Å². The number of nitrogens with zero attached hydrogens (tertiary/aromatic N) is 1. The lowest BCUT2D eigenvalue weighted by Gasteiger charge is -2.35. The lowest BCUT2D eigenvalue weighted by Crippen LogP contribution is -2.45. The molecule has 0 bridgehead atoms. The quantitative estimate of drug-likeness (QED) is 0.755. The number of aryl methyl sites for hydroxylation is 1. The van der Waals surface area contributed by atoms with Crippen LogP contribution in [0.1, 0.15) is 25.8 Å². The highest BCUT2D eigenvalue weighted by Crippen LogP contribution is 2.27. The maximum Gasteiger partial charge on any atom is 0.161 e. The van der Waals surface area contributed by atoms with Crippen molar-refractivity contribution in [1.29, 1.82) is 0 Å². The third-order valence-electron chi connectivity index (χ3n) is 3.69. The van der Waals surface area contributed by atoms with E-state index in [1.54, 1.807) is 7.11 Å². The highest BCUT2D eigenvalue weighted by molar-refractivity contribution is 5.42. The van der Waals surface area contributed by atoms with Crippen LogP contribution in [0.4, 0.5) is 0 Å². The van der Waals surface area contributed by atoms with Crippen molar-refractivity contribution >= 4 is 0 Å². The van der Waals surface area contributed by atoms with Crippen molar-refractivity contribution in [1.82, 2.24) is 4.90 Å². The molecule has 118 valence electrons. The van der Waals surface area contributed by atoms with E-state index in [1.165, 1.54) is 5.56 Å². The Bertz CT molecular complexity index is 440.